The number of nitrogens with one attached hydrogen (secondary N) is 1. The Balaban J connectivity index is 1.30. The van der Waals surface area contributed by atoms with Crippen LogP contribution in [0.2, 0.25) is 0 Å². The average molecular weight is 573 g/mol. The fourth-order valence-electron chi connectivity index (χ4n) is 5.31. The molecule has 1 atom stereocenters. The van der Waals surface area contributed by atoms with Gasteiger partial charge >= 0.3 is 0 Å². The van der Waals surface area contributed by atoms with E-state index in [4.69, 9.17) is 10.00 Å². The number of aromatic nitrogens is 1. The molecule has 2 aromatic rings. The van der Waals surface area contributed by atoms with Gasteiger partial charge in [-0.25, -0.2) is 13.4 Å². The minimum absolute atomic E-state index is 0.0140. The van der Waals surface area contributed by atoms with Gasteiger partial charge in [0.05, 0.1) is 25.3 Å². The molecule has 2 fully saturated rings. The Morgan fingerprint density at radius 2 is 1.92 bits per heavy atom. The molecule has 4 heterocycles. The molecule has 1 N–H and O–H groups in total. The number of rotatable bonds is 6. The van der Waals surface area contributed by atoms with E-state index in [2.05, 4.69) is 16.5 Å². The van der Waals surface area contributed by atoms with Gasteiger partial charge in [-0.05, 0) is 37.5 Å². The number of methoxy groups -OCH3 is 1. The highest BCUT2D eigenvalue weighted by atomic mass is 32.2. The second-order valence-electron chi connectivity index (χ2n) is 10.1. The largest absolute Gasteiger partial charge is 0.495 e. The molecule has 5 rings (SSSR count). The van der Waals surface area contributed by atoms with Crippen LogP contribution in [-0.2, 0) is 27.8 Å². The first-order valence-electron chi connectivity index (χ1n) is 13.2. The molecular weight excluding hydrogens is 540 g/mol. The lowest BCUT2D eigenvalue weighted by molar-refractivity contribution is -0.119. The van der Waals surface area contributed by atoms with Crippen LogP contribution in [0.25, 0.3) is 0 Å². The number of nitriles is 1. The number of benzene rings is 1. The molecular formula is C26H32N6O5S2. The van der Waals surface area contributed by atoms with Crippen molar-refractivity contribution in [3.05, 3.63) is 34.3 Å². The van der Waals surface area contributed by atoms with Gasteiger partial charge in [-0.15, -0.1) is 0 Å². The van der Waals surface area contributed by atoms with E-state index in [0.29, 0.717) is 57.2 Å². The van der Waals surface area contributed by atoms with Crippen LogP contribution in [0.1, 0.15) is 53.0 Å². The van der Waals surface area contributed by atoms with Crippen LogP contribution in [0.15, 0.2) is 23.1 Å². The zero-order chi connectivity index (χ0) is 27.6. The van der Waals surface area contributed by atoms with E-state index in [1.54, 1.807) is 21.9 Å². The summed E-state index contributed by atoms with van der Waals surface area (Å²) in [6, 6.07) is 4.58. The maximum absolute atomic E-state index is 13.5. The first-order valence-corrected chi connectivity index (χ1v) is 15.5. The highest BCUT2D eigenvalue weighted by Crippen LogP contribution is 2.32. The smallest absolute Gasteiger partial charge is 0.254 e. The van der Waals surface area contributed by atoms with Crippen molar-refractivity contribution in [1.29, 1.82) is 5.26 Å². The third-order valence-corrected chi connectivity index (χ3v) is 10.5. The summed E-state index contributed by atoms with van der Waals surface area (Å²) in [7, 11) is -2.39. The molecule has 0 saturated carbocycles. The normalized spacial score (nSPS) is 20.2. The number of hydrogen-bond donors (Lipinski definition) is 1. The van der Waals surface area contributed by atoms with Crippen LogP contribution in [-0.4, -0.2) is 79.2 Å². The number of amides is 2. The highest BCUT2D eigenvalue weighted by molar-refractivity contribution is 7.89. The van der Waals surface area contributed by atoms with Crippen molar-refractivity contribution < 1.29 is 22.7 Å². The van der Waals surface area contributed by atoms with E-state index in [-0.39, 0.29) is 33.9 Å². The molecule has 39 heavy (non-hydrogen) atoms. The number of hydrogen-bond acceptors (Lipinski definition) is 9. The lowest BCUT2D eigenvalue weighted by Crippen LogP contribution is -2.36. The van der Waals surface area contributed by atoms with Gasteiger partial charge in [-0.1, -0.05) is 24.2 Å². The third kappa shape index (κ3) is 5.73. The molecule has 0 spiro atoms. The molecule has 3 aliphatic heterocycles. The zero-order valence-electron chi connectivity index (χ0n) is 21.9. The van der Waals surface area contributed by atoms with Gasteiger partial charge in [-0.3, -0.25) is 9.59 Å². The third-order valence-electron chi connectivity index (χ3n) is 7.54. The molecule has 1 aromatic carbocycles. The summed E-state index contributed by atoms with van der Waals surface area (Å²) in [5.41, 5.74) is 1.14. The first-order chi connectivity index (χ1) is 18.8. The second kappa shape index (κ2) is 11.5. The Morgan fingerprint density at radius 1 is 1.15 bits per heavy atom. The van der Waals surface area contributed by atoms with Crippen LogP contribution in [0.3, 0.4) is 0 Å². The summed E-state index contributed by atoms with van der Waals surface area (Å²) in [6.07, 6.45) is 6.87. The molecule has 2 amide bonds. The molecule has 208 valence electrons. The minimum Gasteiger partial charge on any atom is -0.495 e. The Bertz CT molecular complexity index is 1390. The number of carbonyl (C=O) groups is 2. The van der Waals surface area contributed by atoms with Crippen LogP contribution >= 0.6 is 11.3 Å². The van der Waals surface area contributed by atoms with Crippen LogP contribution in [0.4, 0.5) is 5.13 Å². The first kappa shape index (κ1) is 27.4. The molecule has 0 aliphatic carbocycles. The van der Waals surface area contributed by atoms with Crippen LogP contribution < -0.4 is 10.1 Å². The average Bonchev–Trinajstić information content (AvgIpc) is 3.49. The van der Waals surface area contributed by atoms with E-state index in [1.165, 1.54) is 28.8 Å². The Kier molecular flexibility index (Phi) is 8.06. The number of ether oxygens (including phenoxy) is 1. The summed E-state index contributed by atoms with van der Waals surface area (Å²) < 4.78 is 33.9. The monoisotopic (exact) mass is 572 g/mol. The fourth-order valence-corrected chi connectivity index (χ4v) is 8.04. The van der Waals surface area contributed by atoms with Gasteiger partial charge in [0.2, 0.25) is 15.9 Å². The van der Waals surface area contributed by atoms with Crippen molar-refractivity contribution in [1.82, 2.24) is 19.1 Å². The standard InChI is InChI=1S/C26H32N6O5S2/c1-37-21-7-6-18(14-23(21)39(35,36)32-10-4-2-3-5-11-32)25(34)31-13-9-20-22(16-31)38-26(28-20)29-24(33)19-8-12-30(15-19)17-27/h6-7,14,19H,2-5,8-13,15-16H2,1H3,(H,28,29,33)/t19-/m1/s1. The van der Waals surface area contributed by atoms with Crippen molar-refractivity contribution in [3.8, 4) is 11.9 Å². The summed E-state index contributed by atoms with van der Waals surface area (Å²) in [5.74, 6) is -0.446. The summed E-state index contributed by atoms with van der Waals surface area (Å²) in [5, 5.41) is 12.4. The van der Waals surface area contributed by atoms with E-state index >= 15 is 0 Å². The van der Waals surface area contributed by atoms with Crippen molar-refractivity contribution >= 4 is 38.3 Å². The lowest BCUT2D eigenvalue weighted by atomic mass is 10.1. The highest BCUT2D eigenvalue weighted by Gasteiger charge is 2.32. The van der Waals surface area contributed by atoms with Crippen molar-refractivity contribution in [2.24, 2.45) is 5.92 Å². The fraction of sp³-hybridized carbons (Fsp3) is 0.538. The SMILES string of the molecule is COc1ccc(C(=O)N2CCc3nc(NC(=O)[C@@H]4CCN(C#N)C4)sc3C2)cc1S(=O)(=O)N1CCCCCC1. The molecule has 2 saturated heterocycles. The summed E-state index contributed by atoms with van der Waals surface area (Å²) in [4.78, 5) is 34.9. The van der Waals surface area contributed by atoms with Crippen molar-refractivity contribution in [2.75, 3.05) is 45.2 Å². The van der Waals surface area contributed by atoms with Gasteiger partial charge in [0.25, 0.3) is 5.91 Å². The zero-order valence-corrected chi connectivity index (χ0v) is 23.5. The number of fused-ring (bicyclic) bond motifs is 1. The van der Waals surface area contributed by atoms with E-state index in [0.717, 1.165) is 36.3 Å². The molecule has 3 aliphatic rings. The number of thiazole rings is 1. The second-order valence-corrected chi connectivity index (χ2v) is 13.1. The number of nitrogens with zero attached hydrogens (tertiary/aromatic N) is 5. The molecule has 13 heteroatoms. The number of sulfonamides is 1. The molecule has 1 aromatic heterocycles. The summed E-state index contributed by atoms with van der Waals surface area (Å²) >= 11 is 1.34. The molecule has 0 bridgehead atoms. The maximum atomic E-state index is 13.5. The molecule has 0 radical (unpaired) electrons. The topological polar surface area (TPSA) is 136 Å². The predicted octanol–water partition coefficient (Wildman–Crippen LogP) is 2.66. The van der Waals surface area contributed by atoms with E-state index < -0.39 is 10.0 Å². The molecule has 0 unspecified atom stereocenters. The minimum atomic E-state index is -3.82. The summed E-state index contributed by atoms with van der Waals surface area (Å²) in [6.45, 7) is 2.66. The number of likely N-dealkylation sites (tertiary alicyclic amines) is 1. The Labute approximate surface area is 232 Å². The maximum Gasteiger partial charge on any atom is 0.254 e. The number of anilines is 1. The van der Waals surface area contributed by atoms with Crippen molar-refractivity contribution in [3.63, 3.8) is 0 Å². The number of carbonyl (C=O) groups excluding carboxylic acids is 2. The van der Waals surface area contributed by atoms with Gasteiger partial charge in [0.15, 0.2) is 11.3 Å². The Morgan fingerprint density at radius 3 is 2.62 bits per heavy atom. The Hall–Kier alpha value is -3.21. The van der Waals surface area contributed by atoms with Crippen molar-refractivity contribution in [2.45, 2.75) is 50.0 Å². The van der Waals surface area contributed by atoms with Gasteiger partial charge in [0, 0.05) is 49.6 Å². The van der Waals surface area contributed by atoms with E-state index in [9.17, 15) is 18.0 Å². The predicted molar refractivity (Wildman–Crippen MR) is 145 cm³/mol. The molecule has 11 nitrogen and oxygen atoms in total. The van der Waals surface area contributed by atoms with Gasteiger partial charge < -0.3 is 19.9 Å². The van der Waals surface area contributed by atoms with Crippen LogP contribution in [0.5, 0.6) is 5.75 Å². The van der Waals surface area contributed by atoms with Gasteiger partial charge in [0.1, 0.15) is 10.6 Å². The van der Waals surface area contributed by atoms with Crippen LogP contribution in [0, 0.1) is 17.4 Å². The van der Waals surface area contributed by atoms with Gasteiger partial charge in [-0.2, -0.15) is 9.57 Å². The quantitative estimate of drug-likeness (QED) is 0.522. The lowest BCUT2D eigenvalue weighted by Gasteiger charge is -2.27. The van der Waals surface area contributed by atoms with E-state index in [1.807, 2.05) is 0 Å².